The van der Waals surface area contributed by atoms with E-state index >= 15 is 0 Å². The van der Waals surface area contributed by atoms with Crippen molar-refractivity contribution < 1.29 is 22.7 Å². The Morgan fingerprint density at radius 3 is 2.43 bits per heavy atom. The SMILES string of the molecule is CCOC(=O)C(CCS(C)(=O)=O)=[N+]=[N-]. The van der Waals surface area contributed by atoms with Gasteiger partial charge in [-0.05, 0) is 6.92 Å². The highest BCUT2D eigenvalue weighted by Gasteiger charge is 2.22. The summed E-state index contributed by atoms with van der Waals surface area (Å²) in [6, 6.07) is 0. The molecule has 7 heteroatoms. The van der Waals surface area contributed by atoms with Gasteiger partial charge in [-0.1, -0.05) is 0 Å². The van der Waals surface area contributed by atoms with Crippen molar-refractivity contribution in [3.8, 4) is 0 Å². The first-order valence-electron chi connectivity index (χ1n) is 3.96. The Hall–Kier alpha value is -1.20. The first kappa shape index (κ1) is 12.8. The number of sulfone groups is 1. The highest BCUT2D eigenvalue weighted by atomic mass is 32.2. The van der Waals surface area contributed by atoms with Crippen LogP contribution in [0, 0.1) is 0 Å². The lowest BCUT2D eigenvalue weighted by Gasteiger charge is -1.96. The molecule has 0 aliphatic carbocycles. The lowest BCUT2D eigenvalue weighted by molar-refractivity contribution is -0.140. The Balaban J connectivity index is 4.34. The van der Waals surface area contributed by atoms with Gasteiger partial charge in [-0.3, -0.25) is 0 Å². The van der Waals surface area contributed by atoms with E-state index in [0.29, 0.717) is 0 Å². The molecule has 0 amide bonds. The number of rotatable bonds is 5. The minimum Gasteiger partial charge on any atom is -0.457 e. The highest BCUT2D eigenvalue weighted by molar-refractivity contribution is 7.90. The van der Waals surface area contributed by atoms with Crippen LogP contribution in [0.4, 0.5) is 0 Å². The molecule has 0 bridgehead atoms. The van der Waals surface area contributed by atoms with Gasteiger partial charge in [0.05, 0.1) is 18.8 Å². The minimum absolute atomic E-state index is 0.145. The van der Waals surface area contributed by atoms with E-state index in [2.05, 4.69) is 9.53 Å². The molecule has 0 unspecified atom stereocenters. The zero-order valence-electron chi connectivity index (χ0n) is 8.06. The van der Waals surface area contributed by atoms with E-state index in [0.717, 1.165) is 6.26 Å². The van der Waals surface area contributed by atoms with E-state index in [1.807, 2.05) is 0 Å². The molecule has 0 aromatic carbocycles. The molecule has 80 valence electrons. The zero-order valence-corrected chi connectivity index (χ0v) is 8.87. The number of ether oxygens (including phenoxy) is 1. The van der Waals surface area contributed by atoms with Gasteiger partial charge in [0.1, 0.15) is 9.84 Å². The fraction of sp³-hybridized carbons (Fsp3) is 0.714. The molecule has 14 heavy (non-hydrogen) atoms. The van der Waals surface area contributed by atoms with Gasteiger partial charge in [-0.25, -0.2) is 13.2 Å². The number of hydrogen-bond acceptors (Lipinski definition) is 4. The Morgan fingerprint density at radius 1 is 1.50 bits per heavy atom. The summed E-state index contributed by atoms with van der Waals surface area (Å²) < 4.78 is 26.0. The van der Waals surface area contributed by atoms with Gasteiger partial charge in [0.15, 0.2) is 0 Å². The topological polar surface area (TPSA) is 96.8 Å². The predicted octanol–water partition coefficient (Wildman–Crippen LogP) is -0.345. The van der Waals surface area contributed by atoms with Gasteiger partial charge in [0.25, 0.3) is 0 Å². The first-order valence-corrected chi connectivity index (χ1v) is 6.02. The fourth-order valence-electron chi connectivity index (χ4n) is 0.689. The molecule has 0 atom stereocenters. The lowest BCUT2D eigenvalue weighted by Crippen LogP contribution is -2.21. The van der Waals surface area contributed by atoms with Gasteiger partial charge in [-0.2, -0.15) is 4.79 Å². The molecule has 0 heterocycles. The summed E-state index contributed by atoms with van der Waals surface area (Å²) in [6.07, 6.45) is 0.890. The molecular weight excluding hydrogens is 208 g/mol. The van der Waals surface area contributed by atoms with E-state index in [1.165, 1.54) is 0 Å². The van der Waals surface area contributed by atoms with E-state index < -0.39 is 15.8 Å². The average Bonchev–Trinajstić information content (AvgIpc) is 2.03. The van der Waals surface area contributed by atoms with Crippen molar-refractivity contribution in [2.24, 2.45) is 0 Å². The maximum absolute atomic E-state index is 11.0. The molecule has 0 saturated heterocycles. The van der Waals surface area contributed by atoms with Crippen LogP contribution in [0.2, 0.25) is 0 Å². The third-order valence-corrected chi connectivity index (χ3v) is 2.29. The van der Waals surface area contributed by atoms with Crippen molar-refractivity contribution in [3.05, 3.63) is 5.53 Å². The summed E-state index contributed by atoms with van der Waals surface area (Å²) >= 11 is 0. The molecular formula is C7H12N2O4S. The summed E-state index contributed by atoms with van der Waals surface area (Å²) in [5, 5.41) is 0. The number of hydrogen-bond donors (Lipinski definition) is 0. The second kappa shape index (κ2) is 5.51. The minimum atomic E-state index is -3.18. The van der Waals surface area contributed by atoms with Crippen LogP contribution in [-0.2, 0) is 19.4 Å². The van der Waals surface area contributed by atoms with Gasteiger partial charge < -0.3 is 10.3 Å². The molecule has 6 nitrogen and oxygen atoms in total. The van der Waals surface area contributed by atoms with Crippen molar-refractivity contribution in [2.45, 2.75) is 13.3 Å². The van der Waals surface area contributed by atoms with Crippen LogP contribution < -0.4 is 0 Å². The van der Waals surface area contributed by atoms with Crippen molar-refractivity contribution in [2.75, 3.05) is 18.6 Å². The summed E-state index contributed by atoms with van der Waals surface area (Å²) in [7, 11) is -3.18. The highest BCUT2D eigenvalue weighted by Crippen LogP contribution is 1.93. The summed E-state index contributed by atoms with van der Waals surface area (Å²) in [5.41, 5.74) is 8.13. The number of carbonyl (C=O) groups is 1. The molecule has 0 aromatic rings. The predicted molar refractivity (Wildman–Crippen MR) is 49.6 cm³/mol. The summed E-state index contributed by atoms with van der Waals surface area (Å²) in [6.45, 7) is 1.75. The van der Waals surface area contributed by atoms with Crippen LogP contribution in [0.25, 0.3) is 5.53 Å². The van der Waals surface area contributed by atoms with Crippen molar-refractivity contribution in [1.82, 2.24) is 0 Å². The standard InChI is InChI=1S/C7H12N2O4S/c1-3-13-7(10)6(9-8)4-5-14(2,11)12/h3-5H2,1-2H3. The second-order valence-corrected chi connectivity index (χ2v) is 4.91. The third-order valence-electron chi connectivity index (χ3n) is 1.34. The van der Waals surface area contributed by atoms with Crippen LogP contribution in [0.3, 0.4) is 0 Å². The van der Waals surface area contributed by atoms with Gasteiger partial charge in [0, 0.05) is 6.26 Å². The third kappa shape index (κ3) is 5.45. The molecule has 0 N–H and O–H groups in total. The van der Waals surface area contributed by atoms with E-state index in [-0.39, 0.29) is 24.5 Å². The average molecular weight is 220 g/mol. The number of carbonyl (C=O) groups excluding carboxylic acids is 1. The largest absolute Gasteiger partial charge is 0.457 e. The van der Waals surface area contributed by atoms with Crippen molar-refractivity contribution in [3.63, 3.8) is 0 Å². The van der Waals surface area contributed by atoms with Gasteiger partial charge >= 0.3 is 11.7 Å². The normalized spacial score (nSPS) is 10.4. The van der Waals surface area contributed by atoms with Crippen molar-refractivity contribution in [1.29, 1.82) is 0 Å². The molecule has 0 saturated carbocycles. The van der Waals surface area contributed by atoms with E-state index in [4.69, 9.17) is 5.53 Å². The maximum Gasteiger partial charge on any atom is 0.416 e. The fourth-order valence-corrected chi connectivity index (χ4v) is 1.25. The summed E-state index contributed by atoms with van der Waals surface area (Å²) in [4.78, 5) is 13.7. The van der Waals surface area contributed by atoms with E-state index in [9.17, 15) is 13.2 Å². The number of nitrogens with zero attached hydrogens (tertiary/aromatic N) is 2. The van der Waals surface area contributed by atoms with Crippen LogP contribution in [0.15, 0.2) is 0 Å². The Labute approximate surface area is 82.4 Å². The van der Waals surface area contributed by atoms with Gasteiger partial charge in [0.2, 0.25) is 0 Å². The monoisotopic (exact) mass is 220 g/mol. The molecule has 0 aliphatic rings. The van der Waals surface area contributed by atoms with Crippen LogP contribution in [0.1, 0.15) is 13.3 Å². The molecule has 0 fully saturated rings. The maximum atomic E-state index is 11.0. The van der Waals surface area contributed by atoms with Gasteiger partial charge in [-0.15, -0.1) is 0 Å². The second-order valence-electron chi connectivity index (χ2n) is 2.65. The molecule has 0 aliphatic heterocycles. The Kier molecular flexibility index (Phi) is 5.04. The lowest BCUT2D eigenvalue weighted by atomic mass is 10.3. The molecule has 0 aromatic heterocycles. The van der Waals surface area contributed by atoms with Crippen LogP contribution >= 0.6 is 0 Å². The van der Waals surface area contributed by atoms with E-state index in [1.54, 1.807) is 6.92 Å². The zero-order chi connectivity index (χ0) is 11.2. The molecule has 0 rings (SSSR count). The molecule has 0 spiro atoms. The Bertz CT molecular complexity index is 354. The Morgan fingerprint density at radius 2 is 2.07 bits per heavy atom. The summed E-state index contributed by atoms with van der Waals surface area (Å²) in [5.74, 6) is -1.04. The number of esters is 1. The smallest absolute Gasteiger partial charge is 0.416 e. The first-order chi connectivity index (χ1) is 6.40. The molecule has 0 radical (unpaired) electrons. The quantitative estimate of drug-likeness (QED) is 0.274. The van der Waals surface area contributed by atoms with Crippen molar-refractivity contribution >= 4 is 21.5 Å². The van der Waals surface area contributed by atoms with Crippen LogP contribution in [-0.4, -0.2) is 43.5 Å². The van der Waals surface area contributed by atoms with Crippen LogP contribution in [0.5, 0.6) is 0 Å².